The average molecular weight is 371 g/mol. The van der Waals surface area contributed by atoms with E-state index in [9.17, 15) is 19.8 Å². The smallest absolute Gasteiger partial charge is 0.263 e. The molecule has 0 spiro atoms. The van der Waals surface area contributed by atoms with Crippen molar-refractivity contribution in [2.45, 2.75) is 46.6 Å². The summed E-state index contributed by atoms with van der Waals surface area (Å²) in [6, 6.07) is 9.28. The summed E-state index contributed by atoms with van der Waals surface area (Å²) in [5.41, 5.74) is 0.903. The van der Waals surface area contributed by atoms with E-state index in [1.807, 2.05) is 44.2 Å². The normalized spacial score (nSPS) is 20.3. The molecule has 27 heavy (non-hydrogen) atoms. The monoisotopic (exact) mass is 371 g/mol. The van der Waals surface area contributed by atoms with Crippen LogP contribution in [0.25, 0.3) is 6.08 Å². The van der Waals surface area contributed by atoms with Crippen LogP contribution in [0.3, 0.4) is 0 Å². The summed E-state index contributed by atoms with van der Waals surface area (Å²) in [5, 5.41) is 22.6. The van der Waals surface area contributed by atoms with Gasteiger partial charge in [0.05, 0.1) is 11.8 Å². The second-order valence-corrected chi connectivity index (χ2v) is 7.71. The molecule has 1 aliphatic rings. The molecule has 1 aliphatic heterocycles. The quantitative estimate of drug-likeness (QED) is 0.609. The zero-order valence-corrected chi connectivity index (χ0v) is 16.4. The van der Waals surface area contributed by atoms with E-state index in [0.717, 1.165) is 12.0 Å². The summed E-state index contributed by atoms with van der Waals surface area (Å²) in [7, 11) is 0. The maximum Gasteiger partial charge on any atom is 0.263 e. The summed E-state index contributed by atoms with van der Waals surface area (Å²) < 4.78 is 0. The molecule has 1 heterocycles. The Morgan fingerprint density at radius 3 is 2.33 bits per heavy atom. The summed E-state index contributed by atoms with van der Waals surface area (Å²) in [6.07, 6.45) is 2.64. The van der Waals surface area contributed by atoms with Crippen molar-refractivity contribution in [3.05, 3.63) is 52.9 Å². The Hall–Kier alpha value is -2.40. The molecule has 1 aromatic rings. The molecule has 1 amide bonds. The highest BCUT2D eigenvalue weighted by Gasteiger charge is 2.35. The summed E-state index contributed by atoms with van der Waals surface area (Å²) in [4.78, 5) is 25.0. The van der Waals surface area contributed by atoms with Crippen molar-refractivity contribution < 1.29 is 19.8 Å². The molecule has 0 unspecified atom stereocenters. The Morgan fingerprint density at radius 1 is 1.11 bits per heavy atom. The number of amides is 1. The molecule has 5 heteroatoms. The van der Waals surface area contributed by atoms with Crippen LogP contribution in [0, 0.1) is 17.8 Å². The van der Waals surface area contributed by atoms with Crippen LogP contribution >= 0.6 is 0 Å². The van der Waals surface area contributed by atoms with Gasteiger partial charge in [-0.2, -0.15) is 0 Å². The van der Waals surface area contributed by atoms with Gasteiger partial charge in [0.25, 0.3) is 5.91 Å². The van der Waals surface area contributed by atoms with Crippen LogP contribution in [0.2, 0.25) is 0 Å². The van der Waals surface area contributed by atoms with Crippen molar-refractivity contribution in [3.8, 4) is 0 Å². The van der Waals surface area contributed by atoms with Gasteiger partial charge in [-0.05, 0) is 43.2 Å². The first-order valence-electron chi connectivity index (χ1n) is 9.44. The number of nitrogens with one attached hydrogen (secondary N) is 1. The van der Waals surface area contributed by atoms with E-state index >= 15 is 0 Å². The number of benzene rings is 1. The van der Waals surface area contributed by atoms with Crippen LogP contribution in [0.1, 0.15) is 46.1 Å². The number of hydrogen-bond acceptors (Lipinski definition) is 4. The van der Waals surface area contributed by atoms with E-state index in [1.54, 1.807) is 19.9 Å². The van der Waals surface area contributed by atoms with E-state index in [4.69, 9.17) is 0 Å². The summed E-state index contributed by atoms with van der Waals surface area (Å²) in [6.45, 7) is 7.55. The molecule has 3 N–H and O–H groups in total. The maximum atomic E-state index is 12.8. The second kappa shape index (κ2) is 9.00. The Morgan fingerprint density at radius 2 is 1.74 bits per heavy atom. The molecule has 0 radical (unpaired) electrons. The molecule has 2 rings (SSSR count). The molecule has 1 aromatic carbocycles. The molecular weight excluding hydrogens is 342 g/mol. The van der Waals surface area contributed by atoms with Gasteiger partial charge in [0, 0.05) is 5.92 Å². The topological polar surface area (TPSA) is 86.6 Å². The van der Waals surface area contributed by atoms with Crippen molar-refractivity contribution in [2.24, 2.45) is 17.8 Å². The number of rotatable bonds is 8. The Kier molecular flexibility index (Phi) is 6.97. The Bertz CT molecular complexity index is 749. The number of aliphatic hydroxyl groups is 2. The Balaban J connectivity index is 2.12. The van der Waals surface area contributed by atoms with Gasteiger partial charge in [-0.15, -0.1) is 0 Å². The zero-order valence-electron chi connectivity index (χ0n) is 16.4. The lowest BCUT2D eigenvalue weighted by atomic mass is 9.84. The van der Waals surface area contributed by atoms with Crippen molar-refractivity contribution in [2.75, 3.05) is 0 Å². The minimum atomic E-state index is -0.559. The van der Waals surface area contributed by atoms with Crippen molar-refractivity contribution in [1.82, 2.24) is 5.32 Å². The average Bonchev–Trinajstić information content (AvgIpc) is 2.88. The summed E-state index contributed by atoms with van der Waals surface area (Å²) in [5.74, 6) is -1.22. The molecule has 0 fully saturated rings. The highest BCUT2D eigenvalue weighted by molar-refractivity contribution is 6.23. The van der Waals surface area contributed by atoms with Gasteiger partial charge in [-0.25, -0.2) is 0 Å². The van der Waals surface area contributed by atoms with Gasteiger partial charge in [0.1, 0.15) is 5.57 Å². The third kappa shape index (κ3) is 5.30. The number of hydrogen-bond donors (Lipinski definition) is 3. The lowest BCUT2D eigenvalue weighted by molar-refractivity contribution is -0.123. The second-order valence-electron chi connectivity index (χ2n) is 7.71. The SMILES string of the molecule is C[C@H](C[C@@H](C)[C@H](C)O)C[C@H](C)C(=O)C1=C(O)/C(=C/c2ccccc2)NC1=O. The molecule has 5 nitrogen and oxygen atoms in total. The van der Waals surface area contributed by atoms with Crippen LogP contribution in [-0.2, 0) is 9.59 Å². The molecule has 4 atom stereocenters. The van der Waals surface area contributed by atoms with Crippen LogP contribution in [0.4, 0.5) is 0 Å². The molecule has 0 saturated carbocycles. The zero-order chi connectivity index (χ0) is 20.1. The lowest BCUT2D eigenvalue weighted by Gasteiger charge is -2.21. The van der Waals surface area contributed by atoms with Gasteiger partial charge in [-0.1, -0.05) is 51.1 Å². The number of Topliss-reactive ketones (excluding diaryl/α,β-unsaturated/α-hetero) is 1. The van der Waals surface area contributed by atoms with E-state index < -0.39 is 12.0 Å². The first-order valence-corrected chi connectivity index (χ1v) is 9.44. The van der Waals surface area contributed by atoms with Crippen LogP contribution in [-0.4, -0.2) is 28.0 Å². The number of aliphatic hydroxyl groups excluding tert-OH is 2. The van der Waals surface area contributed by atoms with E-state index in [0.29, 0.717) is 6.42 Å². The fraction of sp³-hybridized carbons (Fsp3) is 0.455. The fourth-order valence-electron chi connectivity index (χ4n) is 3.42. The number of carbonyl (C=O) groups is 2. The van der Waals surface area contributed by atoms with Crippen molar-refractivity contribution in [3.63, 3.8) is 0 Å². The van der Waals surface area contributed by atoms with E-state index in [1.165, 1.54) is 0 Å². The van der Waals surface area contributed by atoms with Crippen molar-refractivity contribution >= 4 is 17.8 Å². The highest BCUT2D eigenvalue weighted by atomic mass is 16.3. The predicted molar refractivity (Wildman–Crippen MR) is 106 cm³/mol. The predicted octanol–water partition coefficient (Wildman–Crippen LogP) is 3.61. The Labute approximate surface area is 160 Å². The molecule has 0 bridgehead atoms. The van der Waals surface area contributed by atoms with Gasteiger partial charge in [0.2, 0.25) is 0 Å². The number of ketones is 1. The standard InChI is InChI=1S/C22H29NO4/c1-13(10-14(2)16(4)24)11-15(3)20(25)19-21(26)18(23-22(19)27)12-17-8-6-5-7-9-17/h5-9,12-16,24,26H,10-11H2,1-4H3,(H,23,27)/b18-12-/t13-,14-,15+,16+/m1/s1. The van der Waals surface area contributed by atoms with Crippen LogP contribution in [0.5, 0.6) is 0 Å². The van der Waals surface area contributed by atoms with Gasteiger partial charge < -0.3 is 15.5 Å². The highest BCUT2D eigenvalue weighted by Crippen LogP contribution is 2.28. The molecule has 0 saturated heterocycles. The minimum absolute atomic E-state index is 0.144. The maximum absolute atomic E-state index is 12.8. The fourth-order valence-corrected chi connectivity index (χ4v) is 3.42. The summed E-state index contributed by atoms with van der Waals surface area (Å²) >= 11 is 0. The van der Waals surface area contributed by atoms with Gasteiger partial charge >= 0.3 is 0 Å². The molecule has 0 aliphatic carbocycles. The van der Waals surface area contributed by atoms with Crippen LogP contribution < -0.4 is 5.32 Å². The minimum Gasteiger partial charge on any atom is -0.505 e. The van der Waals surface area contributed by atoms with Gasteiger partial charge in [-0.3, -0.25) is 9.59 Å². The first-order chi connectivity index (χ1) is 12.7. The van der Waals surface area contributed by atoms with E-state index in [-0.39, 0.29) is 40.6 Å². The first kappa shape index (κ1) is 20.9. The van der Waals surface area contributed by atoms with Crippen molar-refractivity contribution in [1.29, 1.82) is 0 Å². The third-order valence-corrected chi connectivity index (χ3v) is 5.13. The third-order valence-electron chi connectivity index (χ3n) is 5.13. The lowest BCUT2D eigenvalue weighted by Crippen LogP contribution is -2.25. The number of carbonyl (C=O) groups excluding carboxylic acids is 2. The van der Waals surface area contributed by atoms with Gasteiger partial charge in [0.15, 0.2) is 11.5 Å². The van der Waals surface area contributed by atoms with E-state index in [2.05, 4.69) is 5.32 Å². The van der Waals surface area contributed by atoms with Crippen LogP contribution in [0.15, 0.2) is 47.4 Å². The molecular formula is C22H29NO4. The largest absolute Gasteiger partial charge is 0.505 e. The molecule has 0 aromatic heterocycles. The molecule has 146 valence electrons.